The quantitative estimate of drug-likeness (QED) is 0.180. The van der Waals surface area contributed by atoms with Crippen LogP contribution in [0.4, 0.5) is 0 Å². The number of carbonyl (C=O) groups is 1. The number of amides is 1. The minimum atomic E-state index is -1.90. The average molecular weight is 617 g/mol. The highest BCUT2D eigenvalue weighted by Gasteiger charge is 2.54. The molecular formula is C29H39Cl2NO9. The molecule has 0 spiro atoms. The Kier molecular flexibility index (Phi) is 8.87. The molecule has 41 heavy (non-hydrogen) atoms. The zero-order valence-corrected chi connectivity index (χ0v) is 24.6. The number of rotatable bonds is 9. The van der Waals surface area contributed by atoms with Gasteiger partial charge in [-0.05, 0) is 73.6 Å². The second-order valence-electron chi connectivity index (χ2n) is 12.1. The van der Waals surface area contributed by atoms with Gasteiger partial charge in [0.15, 0.2) is 0 Å². The molecule has 1 amide bonds. The third-order valence-corrected chi connectivity index (χ3v) is 9.89. The summed E-state index contributed by atoms with van der Waals surface area (Å²) in [6.45, 7) is -0.322. The van der Waals surface area contributed by atoms with E-state index in [4.69, 9.17) is 37.4 Å². The number of aliphatic hydroxyl groups is 5. The number of aliphatic hydroxyl groups excluding tert-OH is 5. The summed E-state index contributed by atoms with van der Waals surface area (Å²) >= 11 is 13.5. The molecule has 228 valence electrons. The van der Waals surface area contributed by atoms with Crippen LogP contribution in [0.3, 0.4) is 0 Å². The van der Waals surface area contributed by atoms with Gasteiger partial charge >= 0.3 is 0 Å². The van der Waals surface area contributed by atoms with E-state index in [-0.39, 0.29) is 22.1 Å². The molecule has 12 heteroatoms. The summed E-state index contributed by atoms with van der Waals surface area (Å²) < 4.78 is 18.1. The SMILES string of the molecule is COC(=C1C2CC3CC1CC(Cl)(C3)C2)c1ccc(Cl)c(O[C@]2(CO)C[C@H](O)[C@@H](NC(C)=O)[C@H]([C@H](O)[C@H](O)CO)O2)c1. The molecule has 6 N–H and O–H groups in total. The summed E-state index contributed by atoms with van der Waals surface area (Å²) in [6, 6.07) is 4.02. The number of hydrogen-bond donors (Lipinski definition) is 6. The van der Waals surface area contributed by atoms with Gasteiger partial charge in [-0.15, -0.1) is 11.6 Å². The Bertz CT molecular complexity index is 1160. The topological polar surface area (TPSA) is 158 Å². The third kappa shape index (κ3) is 5.95. The van der Waals surface area contributed by atoms with Crippen molar-refractivity contribution in [2.45, 2.75) is 86.6 Å². The van der Waals surface area contributed by atoms with Crippen LogP contribution in [0.15, 0.2) is 23.8 Å². The predicted molar refractivity (Wildman–Crippen MR) is 150 cm³/mol. The van der Waals surface area contributed by atoms with Crippen LogP contribution in [-0.4, -0.2) is 92.9 Å². The molecule has 4 aliphatic carbocycles. The van der Waals surface area contributed by atoms with E-state index in [9.17, 15) is 30.3 Å². The van der Waals surface area contributed by atoms with Crippen molar-refractivity contribution in [3.8, 4) is 5.75 Å². The smallest absolute Gasteiger partial charge is 0.236 e. The molecule has 10 nitrogen and oxygen atoms in total. The molecule has 1 aliphatic heterocycles. The first kappa shape index (κ1) is 30.8. The Morgan fingerprint density at radius 2 is 1.85 bits per heavy atom. The second-order valence-corrected chi connectivity index (χ2v) is 13.3. The molecule has 5 fully saturated rings. The number of nitrogens with one attached hydrogen (secondary N) is 1. The van der Waals surface area contributed by atoms with E-state index in [1.54, 1.807) is 19.2 Å². The first-order valence-electron chi connectivity index (χ1n) is 14.1. The van der Waals surface area contributed by atoms with E-state index >= 15 is 0 Å². The summed E-state index contributed by atoms with van der Waals surface area (Å²) in [5.74, 6) is -0.220. The van der Waals surface area contributed by atoms with E-state index in [0.29, 0.717) is 17.8 Å². The van der Waals surface area contributed by atoms with Crippen LogP contribution in [0, 0.1) is 17.8 Å². The van der Waals surface area contributed by atoms with Gasteiger partial charge in [0.25, 0.3) is 0 Å². The van der Waals surface area contributed by atoms with Gasteiger partial charge in [0.2, 0.25) is 11.7 Å². The first-order valence-corrected chi connectivity index (χ1v) is 14.8. The zero-order valence-electron chi connectivity index (χ0n) is 23.1. The number of ether oxygens (including phenoxy) is 3. The van der Waals surface area contributed by atoms with Crippen LogP contribution in [-0.2, 0) is 14.3 Å². The number of carbonyl (C=O) groups excluding carboxylic acids is 1. The molecule has 4 saturated carbocycles. The molecule has 0 radical (unpaired) electrons. The van der Waals surface area contributed by atoms with E-state index in [0.717, 1.165) is 43.4 Å². The van der Waals surface area contributed by atoms with Crippen LogP contribution in [0.1, 0.15) is 51.0 Å². The zero-order chi connectivity index (χ0) is 29.7. The number of alkyl halides is 1. The van der Waals surface area contributed by atoms with Gasteiger partial charge in [-0.3, -0.25) is 4.79 Å². The second kappa shape index (κ2) is 11.8. The predicted octanol–water partition coefficient (Wildman–Crippen LogP) is 1.95. The van der Waals surface area contributed by atoms with Gasteiger partial charge in [-0.25, -0.2) is 0 Å². The van der Waals surface area contributed by atoms with Crippen molar-refractivity contribution in [1.82, 2.24) is 5.32 Å². The largest absolute Gasteiger partial charge is 0.496 e. The van der Waals surface area contributed by atoms with E-state index < -0.39 is 55.4 Å². The van der Waals surface area contributed by atoms with Crippen LogP contribution >= 0.6 is 23.2 Å². The molecule has 1 heterocycles. The minimum absolute atomic E-state index is 0.139. The van der Waals surface area contributed by atoms with Crippen LogP contribution in [0.5, 0.6) is 5.75 Å². The molecule has 5 aliphatic rings. The maximum absolute atomic E-state index is 11.8. The molecule has 2 unspecified atom stereocenters. The van der Waals surface area contributed by atoms with Crippen molar-refractivity contribution in [3.63, 3.8) is 0 Å². The van der Waals surface area contributed by atoms with Gasteiger partial charge < -0.3 is 45.1 Å². The number of methoxy groups -OCH3 is 1. The van der Waals surface area contributed by atoms with Crippen molar-refractivity contribution in [2.75, 3.05) is 20.3 Å². The lowest BCUT2D eigenvalue weighted by molar-refractivity contribution is -0.299. The van der Waals surface area contributed by atoms with E-state index in [1.807, 2.05) is 6.07 Å². The van der Waals surface area contributed by atoms with E-state index in [2.05, 4.69) is 5.32 Å². The Balaban J connectivity index is 1.47. The average Bonchev–Trinajstić information content (AvgIpc) is 2.91. The fraction of sp³-hybridized carbons (Fsp3) is 0.690. The number of hydrogen-bond acceptors (Lipinski definition) is 9. The lowest BCUT2D eigenvalue weighted by Crippen LogP contribution is -2.67. The number of allylic oxidation sites excluding steroid dienone is 1. The normalized spacial score (nSPS) is 37.4. The number of benzene rings is 1. The van der Waals surface area contributed by atoms with Crippen molar-refractivity contribution in [1.29, 1.82) is 0 Å². The van der Waals surface area contributed by atoms with E-state index in [1.165, 1.54) is 12.5 Å². The lowest BCUT2D eigenvalue weighted by atomic mass is 9.53. The van der Waals surface area contributed by atoms with Crippen molar-refractivity contribution in [3.05, 3.63) is 34.4 Å². The summed E-state index contributed by atoms with van der Waals surface area (Å²) in [7, 11) is 1.63. The third-order valence-electron chi connectivity index (χ3n) is 9.12. The van der Waals surface area contributed by atoms with Gasteiger partial charge in [0.05, 0.1) is 30.9 Å². The lowest BCUT2D eigenvalue weighted by Gasteiger charge is -2.55. The molecule has 6 rings (SSSR count). The van der Waals surface area contributed by atoms with Gasteiger partial charge in [0, 0.05) is 23.8 Å². The van der Waals surface area contributed by atoms with Crippen molar-refractivity contribution >= 4 is 34.9 Å². The summed E-state index contributed by atoms with van der Waals surface area (Å²) in [5.41, 5.74) is 1.99. The summed E-state index contributed by atoms with van der Waals surface area (Å²) in [5, 5.41) is 54.4. The maximum atomic E-state index is 11.8. The van der Waals surface area contributed by atoms with Crippen LogP contribution < -0.4 is 10.1 Å². The van der Waals surface area contributed by atoms with Crippen molar-refractivity contribution in [2.24, 2.45) is 17.8 Å². The fourth-order valence-corrected chi connectivity index (χ4v) is 8.39. The van der Waals surface area contributed by atoms with Crippen LogP contribution in [0.25, 0.3) is 5.76 Å². The van der Waals surface area contributed by atoms with Crippen molar-refractivity contribution < 1.29 is 44.5 Å². The minimum Gasteiger partial charge on any atom is -0.496 e. The molecule has 1 saturated heterocycles. The van der Waals surface area contributed by atoms with Crippen LogP contribution in [0.2, 0.25) is 5.02 Å². The maximum Gasteiger partial charge on any atom is 0.236 e. The Hall–Kier alpha value is -1.63. The first-order chi connectivity index (χ1) is 19.4. The summed E-state index contributed by atoms with van der Waals surface area (Å²) in [4.78, 5) is 11.7. The number of halogens is 2. The Labute approximate surface area is 249 Å². The highest BCUT2D eigenvalue weighted by molar-refractivity contribution is 6.32. The fourth-order valence-electron chi connectivity index (χ4n) is 7.64. The Morgan fingerprint density at radius 1 is 1.17 bits per heavy atom. The molecule has 8 atom stereocenters. The monoisotopic (exact) mass is 615 g/mol. The molecule has 1 aromatic carbocycles. The molecular weight excluding hydrogens is 577 g/mol. The highest BCUT2D eigenvalue weighted by Crippen LogP contribution is 2.61. The Morgan fingerprint density at radius 3 is 2.41 bits per heavy atom. The molecule has 1 aromatic rings. The standard InChI is InChI=1S/C29H39Cl2NO9/c1-14(35)32-24-20(36)11-29(13-34,41-27(24)25(38)21(37)12-33)40-22-7-16(3-4-19(22)30)26(39-2)23-17-5-15-6-18(23)10-28(31,8-15)9-17/h3-4,7,15,17-18,20-21,24-25,27,33-34,36-38H,5-6,8-13H2,1-2H3,(H,32,35)/t15?,17?,18?,20-,21+,24+,25+,27+,28?,29+/m0/s1. The highest BCUT2D eigenvalue weighted by atomic mass is 35.5. The molecule has 0 aromatic heterocycles. The summed E-state index contributed by atoms with van der Waals surface area (Å²) in [6.07, 6.45) is -1.38. The van der Waals surface area contributed by atoms with Gasteiger partial charge in [0.1, 0.15) is 36.4 Å². The molecule has 4 bridgehead atoms. The van der Waals surface area contributed by atoms with Gasteiger partial charge in [-0.2, -0.15) is 0 Å². The van der Waals surface area contributed by atoms with Gasteiger partial charge in [-0.1, -0.05) is 11.6 Å².